The molecular weight excluding hydrogens is 215 g/mol. The lowest BCUT2D eigenvalue weighted by Crippen LogP contribution is -1.85. The molecule has 0 N–H and O–H groups in total. The lowest BCUT2D eigenvalue weighted by Gasteiger charge is -2.03. The molecule has 0 saturated carbocycles. The van der Waals surface area contributed by atoms with Crippen molar-refractivity contribution in [2.45, 2.75) is 0 Å². The quantitative estimate of drug-likeness (QED) is 0.721. The molecule has 17 heavy (non-hydrogen) atoms. The molecule has 0 atom stereocenters. The molecule has 0 bridgehead atoms. The molecule has 0 heterocycles. The predicted molar refractivity (Wildman–Crippen MR) is 68.3 cm³/mol. The minimum Gasteiger partial charge on any atom is -0.496 e. The van der Waals surface area contributed by atoms with Crippen molar-refractivity contribution in [3.05, 3.63) is 65.5 Å². The topological polar surface area (TPSA) is 9.23 Å². The van der Waals surface area contributed by atoms with Crippen LogP contribution in [0.25, 0.3) is 12.2 Å². The summed E-state index contributed by atoms with van der Waals surface area (Å²) in [5, 5.41) is 0. The molecule has 0 aliphatic rings. The zero-order valence-electron chi connectivity index (χ0n) is 9.56. The first-order valence-electron chi connectivity index (χ1n) is 5.37. The normalized spacial score (nSPS) is 10.7. The average molecular weight is 228 g/mol. The van der Waals surface area contributed by atoms with Gasteiger partial charge in [0.05, 0.1) is 7.11 Å². The van der Waals surface area contributed by atoms with E-state index in [-0.39, 0.29) is 5.82 Å². The Morgan fingerprint density at radius 1 is 0.882 bits per heavy atom. The van der Waals surface area contributed by atoms with E-state index in [2.05, 4.69) is 0 Å². The Morgan fingerprint density at radius 3 is 2.18 bits per heavy atom. The van der Waals surface area contributed by atoms with Gasteiger partial charge in [-0.2, -0.15) is 0 Å². The van der Waals surface area contributed by atoms with Gasteiger partial charge in [-0.3, -0.25) is 0 Å². The van der Waals surface area contributed by atoms with Crippen molar-refractivity contribution in [3.8, 4) is 5.75 Å². The molecular formula is C15H13FO. The van der Waals surface area contributed by atoms with E-state index in [0.29, 0.717) is 5.56 Å². The third-order valence-corrected chi connectivity index (χ3v) is 2.49. The Labute approximate surface area is 100 Å². The Morgan fingerprint density at radius 2 is 1.47 bits per heavy atom. The third-order valence-electron chi connectivity index (χ3n) is 2.49. The summed E-state index contributed by atoms with van der Waals surface area (Å²) in [5.74, 6) is 0.554. The number of hydrogen-bond donors (Lipinski definition) is 0. The molecule has 1 nitrogen and oxygen atoms in total. The molecule has 86 valence electrons. The van der Waals surface area contributed by atoms with Gasteiger partial charge in [-0.15, -0.1) is 0 Å². The first kappa shape index (κ1) is 11.4. The summed E-state index contributed by atoms with van der Waals surface area (Å²) in [6.07, 6.45) is 3.59. The zero-order valence-corrected chi connectivity index (χ0v) is 9.56. The number of benzene rings is 2. The molecule has 0 aliphatic heterocycles. The van der Waals surface area contributed by atoms with Gasteiger partial charge in [0, 0.05) is 11.1 Å². The Balaban J connectivity index is 2.29. The highest BCUT2D eigenvalue weighted by atomic mass is 19.1. The van der Waals surface area contributed by atoms with Crippen LogP contribution in [0.1, 0.15) is 11.1 Å². The molecule has 0 amide bonds. The van der Waals surface area contributed by atoms with E-state index in [9.17, 15) is 4.39 Å². The SMILES string of the molecule is COc1ccccc1C=Cc1ccccc1F. The molecule has 2 heteroatoms. The minimum atomic E-state index is -0.223. The highest BCUT2D eigenvalue weighted by Crippen LogP contribution is 2.20. The summed E-state index contributed by atoms with van der Waals surface area (Å²) >= 11 is 0. The van der Waals surface area contributed by atoms with Crippen LogP contribution in [0.5, 0.6) is 5.75 Å². The molecule has 0 saturated heterocycles. The van der Waals surface area contributed by atoms with Gasteiger partial charge in [-0.05, 0) is 12.1 Å². The van der Waals surface area contributed by atoms with Crippen LogP contribution in [0.15, 0.2) is 48.5 Å². The van der Waals surface area contributed by atoms with E-state index >= 15 is 0 Å². The first-order valence-corrected chi connectivity index (χ1v) is 5.37. The molecule has 2 rings (SSSR count). The maximum atomic E-state index is 13.4. The van der Waals surface area contributed by atoms with E-state index < -0.39 is 0 Å². The van der Waals surface area contributed by atoms with Crippen molar-refractivity contribution < 1.29 is 9.13 Å². The fraction of sp³-hybridized carbons (Fsp3) is 0.0667. The molecule has 0 unspecified atom stereocenters. The van der Waals surface area contributed by atoms with E-state index in [1.807, 2.05) is 36.4 Å². The zero-order chi connectivity index (χ0) is 12.1. The number of hydrogen-bond acceptors (Lipinski definition) is 1. The smallest absolute Gasteiger partial charge is 0.130 e. The monoisotopic (exact) mass is 228 g/mol. The van der Waals surface area contributed by atoms with Crippen LogP contribution in [0.3, 0.4) is 0 Å². The minimum absolute atomic E-state index is 0.223. The van der Waals surface area contributed by atoms with Crippen molar-refractivity contribution in [2.24, 2.45) is 0 Å². The molecule has 2 aromatic carbocycles. The molecule has 0 spiro atoms. The van der Waals surface area contributed by atoms with Gasteiger partial charge in [-0.1, -0.05) is 48.6 Å². The van der Waals surface area contributed by atoms with Gasteiger partial charge in [0.1, 0.15) is 11.6 Å². The summed E-state index contributed by atoms with van der Waals surface area (Å²) < 4.78 is 18.6. The summed E-state index contributed by atoms with van der Waals surface area (Å²) in [5.41, 5.74) is 1.50. The maximum absolute atomic E-state index is 13.4. The van der Waals surface area contributed by atoms with Crippen LogP contribution in [-0.2, 0) is 0 Å². The summed E-state index contributed by atoms with van der Waals surface area (Å²) in [6, 6.07) is 14.3. The number of halogens is 1. The molecule has 0 aromatic heterocycles. The fourth-order valence-corrected chi connectivity index (χ4v) is 1.59. The van der Waals surface area contributed by atoms with Crippen LogP contribution in [0.2, 0.25) is 0 Å². The van der Waals surface area contributed by atoms with Crippen LogP contribution in [0.4, 0.5) is 4.39 Å². The highest BCUT2D eigenvalue weighted by molar-refractivity contribution is 5.72. The molecule has 0 fully saturated rings. The molecule has 2 aromatic rings. The second-order valence-electron chi connectivity index (χ2n) is 3.60. The van der Waals surface area contributed by atoms with Crippen LogP contribution >= 0.6 is 0 Å². The van der Waals surface area contributed by atoms with Crippen LogP contribution < -0.4 is 4.74 Å². The average Bonchev–Trinajstić information content (AvgIpc) is 2.38. The van der Waals surface area contributed by atoms with Crippen LogP contribution in [0, 0.1) is 5.82 Å². The second kappa shape index (κ2) is 5.30. The number of ether oxygens (including phenoxy) is 1. The lowest BCUT2D eigenvalue weighted by atomic mass is 10.1. The van der Waals surface area contributed by atoms with Gasteiger partial charge >= 0.3 is 0 Å². The van der Waals surface area contributed by atoms with Crippen molar-refractivity contribution >= 4 is 12.2 Å². The van der Waals surface area contributed by atoms with Gasteiger partial charge in [0.15, 0.2) is 0 Å². The van der Waals surface area contributed by atoms with Crippen molar-refractivity contribution in [1.29, 1.82) is 0 Å². The fourth-order valence-electron chi connectivity index (χ4n) is 1.59. The van der Waals surface area contributed by atoms with Gasteiger partial charge in [0.25, 0.3) is 0 Å². The van der Waals surface area contributed by atoms with Crippen molar-refractivity contribution in [3.63, 3.8) is 0 Å². The molecule has 0 aliphatic carbocycles. The van der Waals surface area contributed by atoms with Crippen LogP contribution in [-0.4, -0.2) is 7.11 Å². The third kappa shape index (κ3) is 2.72. The lowest BCUT2D eigenvalue weighted by molar-refractivity contribution is 0.414. The first-order chi connectivity index (χ1) is 8.31. The van der Waals surface area contributed by atoms with Gasteiger partial charge in [0.2, 0.25) is 0 Å². The highest BCUT2D eigenvalue weighted by Gasteiger charge is 1.98. The maximum Gasteiger partial charge on any atom is 0.130 e. The number of para-hydroxylation sites is 1. The Bertz CT molecular complexity index is 532. The Kier molecular flexibility index (Phi) is 3.55. The van der Waals surface area contributed by atoms with Crippen molar-refractivity contribution in [2.75, 3.05) is 7.11 Å². The van der Waals surface area contributed by atoms with Crippen molar-refractivity contribution in [1.82, 2.24) is 0 Å². The molecule has 0 radical (unpaired) electrons. The van der Waals surface area contributed by atoms with E-state index in [4.69, 9.17) is 4.74 Å². The summed E-state index contributed by atoms with van der Waals surface area (Å²) in [6.45, 7) is 0. The summed E-state index contributed by atoms with van der Waals surface area (Å²) in [7, 11) is 1.62. The van der Waals surface area contributed by atoms with Gasteiger partial charge < -0.3 is 4.74 Å². The standard InChI is InChI=1S/C15H13FO/c1-17-15-9-5-3-7-13(15)11-10-12-6-2-4-8-14(12)16/h2-11H,1H3. The van der Waals surface area contributed by atoms with E-state index in [0.717, 1.165) is 11.3 Å². The van der Waals surface area contributed by atoms with E-state index in [1.54, 1.807) is 25.3 Å². The largest absolute Gasteiger partial charge is 0.496 e. The number of rotatable bonds is 3. The van der Waals surface area contributed by atoms with Gasteiger partial charge in [-0.25, -0.2) is 4.39 Å². The summed E-state index contributed by atoms with van der Waals surface area (Å²) in [4.78, 5) is 0. The van der Waals surface area contributed by atoms with E-state index in [1.165, 1.54) is 6.07 Å². The Hall–Kier alpha value is -2.09. The second-order valence-corrected chi connectivity index (χ2v) is 3.60. The predicted octanol–water partition coefficient (Wildman–Crippen LogP) is 4.00. The number of methoxy groups -OCH3 is 1.